The standard InChI is InChI=1S/C10H11F/c1-3-4-9-5-8(2)6-10(11)7-9/h3-7H,1-2H3/b4-3+. The minimum absolute atomic E-state index is 0.168. The zero-order valence-corrected chi connectivity index (χ0v) is 6.76. The van der Waals surface area contributed by atoms with E-state index in [1.807, 2.05) is 32.1 Å². The predicted octanol–water partition coefficient (Wildman–Crippen LogP) is 3.17. The van der Waals surface area contributed by atoms with Gasteiger partial charge in [-0.15, -0.1) is 0 Å². The van der Waals surface area contributed by atoms with Crippen LogP contribution in [0.25, 0.3) is 6.08 Å². The SMILES string of the molecule is C/C=C/c1cc(C)cc(F)c1. The summed E-state index contributed by atoms with van der Waals surface area (Å²) in [6.45, 7) is 3.80. The summed E-state index contributed by atoms with van der Waals surface area (Å²) in [7, 11) is 0. The lowest BCUT2D eigenvalue weighted by Gasteiger charge is -1.96. The summed E-state index contributed by atoms with van der Waals surface area (Å²) in [5.74, 6) is -0.168. The Kier molecular flexibility index (Phi) is 2.42. The maximum absolute atomic E-state index is 12.7. The van der Waals surface area contributed by atoms with Crippen LogP contribution in [-0.4, -0.2) is 0 Å². The summed E-state index contributed by atoms with van der Waals surface area (Å²) in [6, 6.07) is 4.99. The van der Waals surface area contributed by atoms with E-state index in [1.165, 1.54) is 12.1 Å². The van der Waals surface area contributed by atoms with E-state index in [0.29, 0.717) is 0 Å². The molecule has 0 nitrogen and oxygen atoms in total. The highest BCUT2D eigenvalue weighted by Gasteiger charge is 1.92. The molecular formula is C10H11F. The molecule has 58 valence electrons. The Balaban J connectivity index is 3.08. The van der Waals surface area contributed by atoms with Gasteiger partial charge in [0.15, 0.2) is 0 Å². The van der Waals surface area contributed by atoms with Gasteiger partial charge in [0.2, 0.25) is 0 Å². The van der Waals surface area contributed by atoms with Crippen molar-refractivity contribution in [2.45, 2.75) is 13.8 Å². The fourth-order valence-electron chi connectivity index (χ4n) is 1.05. The average molecular weight is 150 g/mol. The minimum atomic E-state index is -0.168. The zero-order valence-electron chi connectivity index (χ0n) is 6.76. The van der Waals surface area contributed by atoms with Crippen LogP contribution < -0.4 is 0 Å². The minimum Gasteiger partial charge on any atom is -0.207 e. The van der Waals surface area contributed by atoms with Gasteiger partial charge in [0.25, 0.3) is 0 Å². The maximum atomic E-state index is 12.7. The van der Waals surface area contributed by atoms with Gasteiger partial charge < -0.3 is 0 Å². The highest BCUT2D eigenvalue weighted by atomic mass is 19.1. The Hall–Kier alpha value is -1.11. The van der Waals surface area contributed by atoms with Crippen molar-refractivity contribution in [3.05, 3.63) is 41.2 Å². The Morgan fingerprint density at radius 1 is 1.27 bits per heavy atom. The number of hydrogen-bond donors (Lipinski definition) is 0. The number of benzene rings is 1. The highest BCUT2D eigenvalue weighted by Crippen LogP contribution is 2.09. The first-order valence-electron chi connectivity index (χ1n) is 3.62. The van der Waals surface area contributed by atoms with Gasteiger partial charge in [-0.05, 0) is 37.1 Å². The maximum Gasteiger partial charge on any atom is 0.124 e. The highest BCUT2D eigenvalue weighted by molar-refractivity contribution is 5.49. The molecule has 0 heterocycles. The van der Waals surface area contributed by atoms with Crippen molar-refractivity contribution in [1.82, 2.24) is 0 Å². The molecule has 0 saturated heterocycles. The number of aryl methyl sites for hydroxylation is 1. The van der Waals surface area contributed by atoms with Crippen molar-refractivity contribution >= 4 is 6.08 Å². The molecule has 0 aliphatic carbocycles. The predicted molar refractivity (Wildman–Crippen MR) is 45.8 cm³/mol. The van der Waals surface area contributed by atoms with Crippen LogP contribution in [0.2, 0.25) is 0 Å². The number of allylic oxidation sites excluding steroid dienone is 1. The first-order valence-corrected chi connectivity index (χ1v) is 3.62. The molecule has 0 spiro atoms. The van der Waals surface area contributed by atoms with Gasteiger partial charge in [-0.1, -0.05) is 18.2 Å². The van der Waals surface area contributed by atoms with Gasteiger partial charge in [-0.2, -0.15) is 0 Å². The second-order valence-corrected chi connectivity index (χ2v) is 2.56. The molecule has 1 heteroatoms. The third kappa shape index (κ3) is 2.19. The number of hydrogen-bond acceptors (Lipinski definition) is 0. The van der Waals surface area contributed by atoms with Crippen LogP contribution in [0.3, 0.4) is 0 Å². The second kappa shape index (κ2) is 3.33. The van der Waals surface area contributed by atoms with E-state index < -0.39 is 0 Å². The molecule has 0 fully saturated rings. The molecule has 1 aromatic carbocycles. The smallest absolute Gasteiger partial charge is 0.124 e. The monoisotopic (exact) mass is 150 g/mol. The summed E-state index contributed by atoms with van der Waals surface area (Å²) >= 11 is 0. The van der Waals surface area contributed by atoms with Crippen molar-refractivity contribution in [2.24, 2.45) is 0 Å². The summed E-state index contributed by atoms with van der Waals surface area (Å²) in [4.78, 5) is 0. The van der Waals surface area contributed by atoms with Crippen molar-refractivity contribution in [3.63, 3.8) is 0 Å². The summed E-state index contributed by atoms with van der Waals surface area (Å²) in [5, 5.41) is 0. The normalized spacial score (nSPS) is 10.8. The van der Waals surface area contributed by atoms with Crippen molar-refractivity contribution in [3.8, 4) is 0 Å². The van der Waals surface area contributed by atoms with Crippen molar-refractivity contribution < 1.29 is 4.39 Å². The van der Waals surface area contributed by atoms with Gasteiger partial charge in [0.05, 0.1) is 0 Å². The Morgan fingerprint density at radius 2 is 2.00 bits per heavy atom. The Morgan fingerprint density at radius 3 is 2.55 bits per heavy atom. The number of rotatable bonds is 1. The lowest BCUT2D eigenvalue weighted by Crippen LogP contribution is -1.80. The summed E-state index contributed by atoms with van der Waals surface area (Å²) in [6.07, 6.45) is 3.78. The topological polar surface area (TPSA) is 0 Å². The lowest BCUT2D eigenvalue weighted by atomic mass is 10.1. The van der Waals surface area contributed by atoms with Crippen LogP contribution in [-0.2, 0) is 0 Å². The summed E-state index contributed by atoms with van der Waals surface area (Å²) < 4.78 is 12.7. The van der Waals surface area contributed by atoms with E-state index in [2.05, 4.69) is 0 Å². The molecule has 1 aromatic rings. The third-order valence-corrected chi connectivity index (χ3v) is 1.42. The van der Waals surface area contributed by atoms with Gasteiger partial charge >= 0.3 is 0 Å². The third-order valence-electron chi connectivity index (χ3n) is 1.42. The van der Waals surface area contributed by atoms with Crippen molar-refractivity contribution in [1.29, 1.82) is 0 Å². The molecule has 0 N–H and O–H groups in total. The zero-order chi connectivity index (χ0) is 8.27. The van der Waals surface area contributed by atoms with Crippen LogP contribution in [0.1, 0.15) is 18.1 Å². The molecule has 0 aliphatic heterocycles. The largest absolute Gasteiger partial charge is 0.207 e. The average Bonchev–Trinajstić information content (AvgIpc) is 1.85. The fourth-order valence-corrected chi connectivity index (χ4v) is 1.05. The van der Waals surface area contributed by atoms with Crippen LogP contribution in [0.4, 0.5) is 4.39 Å². The molecule has 0 atom stereocenters. The van der Waals surface area contributed by atoms with Crippen LogP contribution in [0.5, 0.6) is 0 Å². The molecular weight excluding hydrogens is 139 g/mol. The van der Waals surface area contributed by atoms with E-state index in [4.69, 9.17) is 0 Å². The van der Waals surface area contributed by atoms with Gasteiger partial charge in [-0.25, -0.2) is 4.39 Å². The quantitative estimate of drug-likeness (QED) is 0.576. The molecule has 0 bridgehead atoms. The van der Waals surface area contributed by atoms with E-state index in [-0.39, 0.29) is 5.82 Å². The molecule has 0 radical (unpaired) electrons. The van der Waals surface area contributed by atoms with E-state index in [0.717, 1.165) is 11.1 Å². The molecule has 0 saturated carbocycles. The molecule has 11 heavy (non-hydrogen) atoms. The first kappa shape index (κ1) is 7.99. The Labute approximate surface area is 66.4 Å². The second-order valence-electron chi connectivity index (χ2n) is 2.56. The van der Waals surface area contributed by atoms with Crippen LogP contribution in [0.15, 0.2) is 24.3 Å². The van der Waals surface area contributed by atoms with Gasteiger partial charge in [-0.3, -0.25) is 0 Å². The summed E-state index contributed by atoms with van der Waals surface area (Å²) in [5.41, 5.74) is 1.88. The van der Waals surface area contributed by atoms with Crippen LogP contribution >= 0.6 is 0 Å². The molecule has 1 rings (SSSR count). The fraction of sp³-hybridized carbons (Fsp3) is 0.200. The first-order chi connectivity index (χ1) is 5.22. The van der Waals surface area contributed by atoms with Gasteiger partial charge in [0.1, 0.15) is 5.82 Å². The van der Waals surface area contributed by atoms with E-state index in [9.17, 15) is 4.39 Å². The van der Waals surface area contributed by atoms with E-state index in [1.54, 1.807) is 0 Å². The molecule has 0 aliphatic rings. The molecule has 0 amide bonds. The lowest BCUT2D eigenvalue weighted by molar-refractivity contribution is 0.626. The molecule has 0 unspecified atom stereocenters. The van der Waals surface area contributed by atoms with Crippen molar-refractivity contribution in [2.75, 3.05) is 0 Å². The van der Waals surface area contributed by atoms with Gasteiger partial charge in [0, 0.05) is 0 Å². The van der Waals surface area contributed by atoms with Crippen LogP contribution in [0, 0.1) is 12.7 Å². The number of halogens is 1. The Bertz CT molecular complexity index is 254. The van der Waals surface area contributed by atoms with E-state index >= 15 is 0 Å². The molecule has 0 aromatic heterocycles.